The molecule has 3 unspecified atom stereocenters. The Morgan fingerprint density at radius 2 is 2.13 bits per heavy atom. The van der Waals surface area contributed by atoms with Gasteiger partial charge < -0.3 is 19.9 Å². The van der Waals surface area contributed by atoms with Crippen LogP contribution in [0.2, 0.25) is 0 Å². The predicted octanol–water partition coefficient (Wildman–Crippen LogP) is 0.397. The van der Waals surface area contributed by atoms with Gasteiger partial charge in [-0.25, -0.2) is 0 Å². The van der Waals surface area contributed by atoms with Gasteiger partial charge in [-0.05, 0) is 6.42 Å². The summed E-state index contributed by atoms with van der Waals surface area (Å²) in [5, 5.41) is 12.8. The van der Waals surface area contributed by atoms with Crippen molar-refractivity contribution < 1.29 is 14.6 Å². The molecular formula is C11H23NO3. The lowest BCUT2D eigenvalue weighted by Crippen LogP contribution is -2.61. The number of nitrogens with one attached hydrogen (secondary N) is 1. The second-order valence-electron chi connectivity index (χ2n) is 4.85. The van der Waals surface area contributed by atoms with Crippen molar-refractivity contribution in [3.63, 3.8) is 0 Å². The van der Waals surface area contributed by atoms with Crippen molar-refractivity contribution in [2.45, 2.75) is 38.5 Å². The van der Waals surface area contributed by atoms with Crippen LogP contribution in [0.5, 0.6) is 0 Å². The molecule has 2 N–H and O–H groups in total. The van der Waals surface area contributed by atoms with Gasteiger partial charge >= 0.3 is 0 Å². The molecule has 0 heterocycles. The van der Waals surface area contributed by atoms with Gasteiger partial charge in [-0.2, -0.15) is 0 Å². The Bertz CT molecular complexity index is 196. The first-order chi connectivity index (χ1) is 7.02. The van der Waals surface area contributed by atoms with Crippen LogP contribution in [0.1, 0.15) is 20.3 Å². The lowest BCUT2D eigenvalue weighted by molar-refractivity contribution is -0.0999. The molecule has 0 saturated heterocycles. The zero-order chi connectivity index (χ0) is 11.5. The Balaban J connectivity index is 2.24. The lowest BCUT2D eigenvalue weighted by atomic mass is 9.64. The lowest BCUT2D eigenvalue weighted by Gasteiger charge is -2.51. The van der Waals surface area contributed by atoms with Crippen LogP contribution in [-0.2, 0) is 9.47 Å². The van der Waals surface area contributed by atoms with E-state index in [1.165, 1.54) is 0 Å². The highest BCUT2D eigenvalue weighted by Gasteiger charge is 2.48. The number of hydrogen-bond donors (Lipinski definition) is 2. The Labute approximate surface area is 92.0 Å². The molecule has 1 fully saturated rings. The van der Waals surface area contributed by atoms with Gasteiger partial charge in [-0.3, -0.25) is 0 Å². The Morgan fingerprint density at radius 3 is 2.60 bits per heavy atom. The molecule has 0 aliphatic heterocycles. The normalized spacial score (nSPS) is 31.0. The quantitative estimate of drug-likeness (QED) is 0.676. The van der Waals surface area contributed by atoms with Crippen molar-refractivity contribution in [3.8, 4) is 0 Å². The number of aliphatic hydroxyl groups excluding tert-OH is 1. The summed E-state index contributed by atoms with van der Waals surface area (Å²) in [6.07, 6.45) is 0.922. The fourth-order valence-corrected chi connectivity index (χ4v) is 2.16. The van der Waals surface area contributed by atoms with Crippen molar-refractivity contribution in [3.05, 3.63) is 0 Å². The van der Waals surface area contributed by atoms with Gasteiger partial charge in [0.05, 0.1) is 18.8 Å². The van der Waals surface area contributed by atoms with Crippen LogP contribution in [0.25, 0.3) is 0 Å². The third-order valence-corrected chi connectivity index (χ3v) is 3.42. The molecule has 0 radical (unpaired) electrons. The van der Waals surface area contributed by atoms with E-state index in [4.69, 9.17) is 9.47 Å². The SMILES string of the molecule is COCC(O)CNC1CC(OC)C1(C)C. The highest BCUT2D eigenvalue weighted by Crippen LogP contribution is 2.42. The molecule has 0 aromatic heterocycles. The average Bonchev–Trinajstić information content (AvgIpc) is 2.17. The molecule has 4 heteroatoms. The van der Waals surface area contributed by atoms with E-state index >= 15 is 0 Å². The summed E-state index contributed by atoms with van der Waals surface area (Å²) in [6, 6.07) is 0.425. The molecule has 0 aromatic rings. The summed E-state index contributed by atoms with van der Waals surface area (Å²) in [5.74, 6) is 0. The minimum Gasteiger partial charge on any atom is -0.389 e. The highest BCUT2D eigenvalue weighted by molar-refractivity contribution is 5.02. The highest BCUT2D eigenvalue weighted by atomic mass is 16.5. The second-order valence-corrected chi connectivity index (χ2v) is 4.85. The summed E-state index contributed by atoms with van der Waals surface area (Å²) in [4.78, 5) is 0. The first-order valence-corrected chi connectivity index (χ1v) is 5.45. The average molecular weight is 217 g/mol. The standard InChI is InChI=1S/C11H23NO3/c1-11(2)9(5-10(11)15-4)12-6-8(13)7-14-3/h8-10,12-13H,5-7H2,1-4H3. The molecule has 90 valence electrons. The zero-order valence-corrected chi connectivity index (χ0v) is 10.1. The van der Waals surface area contributed by atoms with E-state index in [1.807, 2.05) is 0 Å². The Hall–Kier alpha value is -0.160. The van der Waals surface area contributed by atoms with E-state index < -0.39 is 6.10 Å². The van der Waals surface area contributed by atoms with Crippen LogP contribution < -0.4 is 5.32 Å². The summed E-state index contributed by atoms with van der Waals surface area (Å²) in [7, 11) is 3.35. The molecule has 4 nitrogen and oxygen atoms in total. The molecule has 0 bridgehead atoms. The van der Waals surface area contributed by atoms with Crippen molar-refractivity contribution in [1.82, 2.24) is 5.32 Å². The largest absolute Gasteiger partial charge is 0.389 e. The van der Waals surface area contributed by atoms with Crippen LogP contribution in [0.4, 0.5) is 0 Å². The van der Waals surface area contributed by atoms with Crippen LogP contribution in [0, 0.1) is 5.41 Å². The number of hydrogen-bond acceptors (Lipinski definition) is 4. The van der Waals surface area contributed by atoms with Gasteiger partial charge in [-0.1, -0.05) is 13.8 Å². The smallest absolute Gasteiger partial charge is 0.0897 e. The molecule has 1 saturated carbocycles. The van der Waals surface area contributed by atoms with E-state index in [9.17, 15) is 5.11 Å². The van der Waals surface area contributed by atoms with Crippen LogP contribution in [0.15, 0.2) is 0 Å². The fourth-order valence-electron chi connectivity index (χ4n) is 2.16. The molecule has 0 spiro atoms. The molecule has 0 aromatic carbocycles. The number of ether oxygens (including phenoxy) is 2. The van der Waals surface area contributed by atoms with E-state index in [0.717, 1.165) is 6.42 Å². The zero-order valence-electron chi connectivity index (χ0n) is 10.1. The summed E-state index contributed by atoms with van der Waals surface area (Å²) >= 11 is 0. The van der Waals surface area contributed by atoms with Crippen molar-refractivity contribution in [2.24, 2.45) is 5.41 Å². The van der Waals surface area contributed by atoms with E-state index in [0.29, 0.717) is 25.3 Å². The first kappa shape index (κ1) is 12.9. The summed E-state index contributed by atoms with van der Waals surface area (Å²) in [5.41, 5.74) is 0.154. The van der Waals surface area contributed by atoms with Crippen molar-refractivity contribution in [1.29, 1.82) is 0 Å². The second kappa shape index (κ2) is 5.25. The van der Waals surface area contributed by atoms with Gasteiger partial charge in [-0.15, -0.1) is 0 Å². The third-order valence-electron chi connectivity index (χ3n) is 3.42. The first-order valence-electron chi connectivity index (χ1n) is 5.45. The molecule has 1 rings (SSSR count). The van der Waals surface area contributed by atoms with Gasteiger partial charge in [0.15, 0.2) is 0 Å². The predicted molar refractivity (Wildman–Crippen MR) is 58.9 cm³/mol. The van der Waals surface area contributed by atoms with Crippen LogP contribution >= 0.6 is 0 Å². The van der Waals surface area contributed by atoms with Crippen molar-refractivity contribution in [2.75, 3.05) is 27.4 Å². The maximum absolute atomic E-state index is 9.49. The molecule has 3 atom stereocenters. The molecule has 15 heavy (non-hydrogen) atoms. The maximum atomic E-state index is 9.49. The molecule has 0 amide bonds. The monoisotopic (exact) mass is 217 g/mol. The molecular weight excluding hydrogens is 194 g/mol. The van der Waals surface area contributed by atoms with Crippen LogP contribution in [-0.4, -0.2) is 50.7 Å². The van der Waals surface area contributed by atoms with Gasteiger partial charge in [0, 0.05) is 32.2 Å². The molecule has 1 aliphatic rings. The van der Waals surface area contributed by atoms with E-state index in [-0.39, 0.29) is 5.41 Å². The molecule has 1 aliphatic carbocycles. The number of rotatable bonds is 6. The maximum Gasteiger partial charge on any atom is 0.0897 e. The van der Waals surface area contributed by atoms with Gasteiger partial charge in [0.2, 0.25) is 0 Å². The summed E-state index contributed by atoms with van der Waals surface area (Å²) < 4.78 is 10.2. The third kappa shape index (κ3) is 2.91. The van der Waals surface area contributed by atoms with Crippen molar-refractivity contribution >= 4 is 0 Å². The minimum absolute atomic E-state index is 0.154. The Kier molecular flexibility index (Phi) is 4.52. The van der Waals surface area contributed by atoms with Gasteiger partial charge in [0.25, 0.3) is 0 Å². The Morgan fingerprint density at radius 1 is 1.47 bits per heavy atom. The van der Waals surface area contributed by atoms with Crippen LogP contribution in [0.3, 0.4) is 0 Å². The number of methoxy groups -OCH3 is 2. The topological polar surface area (TPSA) is 50.7 Å². The number of aliphatic hydroxyl groups is 1. The van der Waals surface area contributed by atoms with Gasteiger partial charge in [0.1, 0.15) is 0 Å². The van der Waals surface area contributed by atoms with E-state index in [1.54, 1.807) is 14.2 Å². The summed E-state index contributed by atoms with van der Waals surface area (Å²) in [6.45, 7) is 5.34. The fraction of sp³-hybridized carbons (Fsp3) is 1.00. The van der Waals surface area contributed by atoms with E-state index in [2.05, 4.69) is 19.2 Å². The minimum atomic E-state index is -0.424.